The summed E-state index contributed by atoms with van der Waals surface area (Å²) in [5.74, 6) is 0. The molecule has 0 unspecified atom stereocenters. The lowest BCUT2D eigenvalue weighted by molar-refractivity contribution is 1.29. The Hall–Kier alpha value is -5.51. The number of rotatable bonds is 6. The van der Waals surface area contributed by atoms with Crippen LogP contribution in [0, 0.1) is 0 Å². The minimum absolute atomic E-state index is 1.00. The summed E-state index contributed by atoms with van der Waals surface area (Å²) in [4.78, 5) is 7.38. The van der Waals surface area contributed by atoms with Gasteiger partial charge in [0.15, 0.2) is 0 Å². The van der Waals surface area contributed by atoms with E-state index in [9.17, 15) is 0 Å². The molecule has 0 aliphatic carbocycles. The molecular weight excluding hydrogens is 553 g/mol. The molecule has 1 aromatic heterocycles. The maximum atomic E-state index is 5.05. The molecule has 0 N–H and O–H groups in total. The van der Waals surface area contributed by atoms with Crippen LogP contribution >= 0.6 is 11.3 Å². The molecule has 0 saturated carbocycles. The zero-order chi connectivity index (χ0) is 29.3. The van der Waals surface area contributed by atoms with Gasteiger partial charge in [0.2, 0.25) is 0 Å². The summed E-state index contributed by atoms with van der Waals surface area (Å²) in [5.41, 5.74) is 10.2. The van der Waals surface area contributed by atoms with Crippen LogP contribution in [0.2, 0.25) is 0 Å². The van der Waals surface area contributed by atoms with Crippen LogP contribution in [0.5, 0.6) is 0 Å². The van der Waals surface area contributed by atoms with Crippen molar-refractivity contribution in [1.29, 1.82) is 0 Å². The van der Waals surface area contributed by atoms with Gasteiger partial charge >= 0.3 is 0 Å². The van der Waals surface area contributed by atoms with Crippen molar-refractivity contribution in [2.45, 2.75) is 0 Å². The molecule has 1 heterocycles. The fourth-order valence-corrected chi connectivity index (χ4v) is 6.78. The van der Waals surface area contributed by atoms with Gasteiger partial charge in [0.25, 0.3) is 0 Å². The molecule has 0 aliphatic heterocycles. The Morgan fingerprint density at radius 3 is 1.77 bits per heavy atom. The summed E-state index contributed by atoms with van der Waals surface area (Å²) in [5, 5.41) is 3.54. The Labute approximate surface area is 261 Å². The van der Waals surface area contributed by atoms with Gasteiger partial charge in [-0.05, 0) is 81.6 Å². The van der Waals surface area contributed by atoms with E-state index in [0.717, 1.165) is 33.1 Å². The number of nitrogens with zero attached hydrogens (tertiary/aromatic N) is 2. The van der Waals surface area contributed by atoms with Crippen LogP contribution in [-0.4, -0.2) is 4.98 Å². The SMILES string of the molecule is c1ccc(-c2cccc(N(c3ccc(-c4ccc5ccccc5c4)cc3)c3ccc4sc(-c5ccccc5)nc4c3)c2)cc1. The maximum absolute atomic E-state index is 5.05. The molecule has 44 heavy (non-hydrogen) atoms. The van der Waals surface area contributed by atoms with Crippen molar-refractivity contribution in [2.75, 3.05) is 4.90 Å². The third-order valence-corrected chi connectivity index (χ3v) is 9.16. The lowest BCUT2D eigenvalue weighted by Gasteiger charge is -2.26. The molecule has 0 aliphatic rings. The van der Waals surface area contributed by atoms with E-state index in [2.05, 4.69) is 169 Å². The molecule has 8 rings (SSSR count). The van der Waals surface area contributed by atoms with Crippen molar-refractivity contribution < 1.29 is 0 Å². The van der Waals surface area contributed by atoms with Crippen LogP contribution < -0.4 is 4.90 Å². The zero-order valence-electron chi connectivity index (χ0n) is 24.0. The number of hydrogen-bond acceptors (Lipinski definition) is 3. The van der Waals surface area contributed by atoms with Gasteiger partial charge in [0.1, 0.15) is 5.01 Å². The van der Waals surface area contributed by atoms with Gasteiger partial charge < -0.3 is 4.90 Å². The first-order valence-electron chi connectivity index (χ1n) is 14.8. The normalized spacial score (nSPS) is 11.2. The lowest BCUT2D eigenvalue weighted by Crippen LogP contribution is -2.10. The highest BCUT2D eigenvalue weighted by Gasteiger charge is 2.16. The fourth-order valence-electron chi connectivity index (χ4n) is 5.83. The Kier molecular flexibility index (Phi) is 6.71. The first-order valence-corrected chi connectivity index (χ1v) is 15.6. The monoisotopic (exact) mass is 580 g/mol. The first-order chi connectivity index (χ1) is 21.8. The number of fused-ring (bicyclic) bond motifs is 2. The topological polar surface area (TPSA) is 16.1 Å². The Bertz CT molecular complexity index is 2220. The van der Waals surface area contributed by atoms with E-state index in [0.29, 0.717) is 0 Å². The van der Waals surface area contributed by atoms with E-state index in [1.54, 1.807) is 11.3 Å². The predicted octanol–water partition coefficient (Wildman–Crippen LogP) is 11.9. The lowest BCUT2D eigenvalue weighted by atomic mass is 10.0. The molecule has 0 atom stereocenters. The van der Waals surface area contributed by atoms with Crippen LogP contribution in [0.15, 0.2) is 170 Å². The molecule has 8 aromatic rings. The van der Waals surface area contributed by atoms with Crippen molar-refractivity contribution in [1.82, 2.24) is 4.98 Å². The molecular formula is C41H28N2S. The van der Waals surface area contributed by atoms with Crippen molar-refractivity contribution >= 4 is 49.4 Å². The fraction of sp³-hybridized carbons (Fsp3) is 0. The molecule has 0 amide bonds. The van der Waals surface area contributed by atoms with E-state index < -0.39 is 0 Å². The Balaban J connectivity index is 1.23. The van der Waals surface area contributed by atoms with E-state index in [1.807, 2.05) is 6.07 Å². The molecule has 7 aromatic carbocycles. The minimum atomic E-state index is 1.00. The summed E-state index contributed by atoms with van der Waals surface area (Å²) < 4.78 is 1.18. The van der Waals surface area contributed by atoms with Crippen LogP contribution in [0.3, 0.4) is 0 Å². The molecule has 0 bridgehead atoms. The Morgan fingerprint density at radius 2 is 0.977 bits per heavy atom. The van der Waals surface area contributed by atoms with Crippen LogP contribution in [-0.2, 0) is 0 Å². The Morgan fingerprint density at radius 1 is 0.386 bits per heavy atom. The molecule has 0 spiro atoms. The number of anilines is 3. The van der Waals surface area contributed by atoms with Gasteiger partial charge in [-0.3, -0.25) is 0 Å². The third-order valence-electron chi connectivity index (χ3n) is 8.07. The highest BCUT2D eigenvalue weighted by atomic mass is 32.1. The summed E-state index contributed by atoms with van der Waals surface area (Å²) in [7, 11) is 0. The van der Waals surface area contributed by atoms with Crippen molar-refractivity contribution in [3.8, 4) is 32.8 Å². The quantitative estimate of drug-likeness (QED) is 0.194. The van der Waals surface area contributed by atoms with E-state index >= 15 is 0 Å². The van der Waals surface area contributed by atoms with E-state index in [1.165, 1.54) is 37.7 Å². The highest BCUT2D eigenvalue weighted by Crippen LogP contribution is 2.40. The van der Waals surface area contributed by atoms with Crippen molar-refractivity contribution in [3.05, 3.63) is 170 Å². The molecule has 0 saturated heterocycles. The van der Waals surface area contributed by atoms with E-state index in [-0.39, 0.29) is 0 Å². The van der Waals surface area contributed by atoms with Crippen molar-refractivity contribution in [2.24, 2.45) is 0 Å². The second-order valence-corrected chi connectivity index (χ2v) is 11.9. The van der Waals surface area contributed by atoms with Crippen LogP contribution in [0.4, 0.5) is 17.1 Å². The minimum Gasteiger partial charge on any atom is -0.310 e. The summed E-state index contributed by atoms with van der Waals surface area (Å²) >= 11 is 1.73. The molecule has 208 valence electrons. The smallest absolute Gasteiger partial charge is 0.124 e. The molecule has 0 fully saturated rings. The summed E-state index contributed by atoms with van der Waals surface area (Å²) in [6.45, 7) is 0. The predicted molar refractivity (Wildman–Crippen MR) is 188 cm³/mol. The number of aromatic nitrogens is 1. The van der Waals surface area contributed by atoms with Gasteiger partial charge in [-0.2, -0.15) is 0 Å². The maximum Gasteiger partial charge on any atom is 0.124 e. The summed E-state index contributed by atoms with van der Waals surface area (Å²) in [6.07, 6.45) is 0. The van der Waals surface area contributed by atoms with Crippen LogP contribution in [0.1, 0.15) is 0 Å². The van der Waals surface area contributed by atoms with Crippen LogP contribution in [0.25, 0.3) is 53.8 Å². The standard InChI is InChI=1S/C41H28N2S/c1-3-10-29(11-4-1)34-16-9-17-37(27-34)43(38-24-25-40-39(28-38)42-41(44-40)32-13-5-2-6-14-32)36-22-20-31(21-23-36)35-19-18-30-12-7-8-15-33(30)26-35/h1-28H. The van der Waals surface area contributed by atoms with Gasteiger partial charge in [0.05, 0.1) is 10.2 Å². The van der Waals surface area contributed by atoms with Gasteiger partial charge in [-0.1, -0.05) is 121 Å². The van der Waals surface area contributed by atoms with Gasteiger partial charge in [0, 0.05) is 22.6 Å². The highest BCUT2D eigenvalue weighted by molar-refractivity contribution is 7.21. The van der Waals surface area contributed by atoms with Gasteiger partial charge in [-0.15, -0.1) is 11.3 Å². The average Bonchev–Trinajstić information content (AvgIpc) is 3.53. The first kappa shape index (κ1) is 26.1. The van der Waals surface area contributed by atoms with Gasteiger partial charge in [-0.25, -0.2) is 4.98 Å². The second kappa shape index (κ2) is 11.3. The number of benzene rings is 7. The molecule has 3 heteroatoms. The van der Waals surface area contributed by atoms with E-state index in [4.69, 9.17) is 4.98 Å². The molecule has 0 radical (unpaired) electrons. The average molecular weight is 581 g/mol. The van der Waals surface area contributed by atoms with Crippen molar-refractivity contribution in [3.63, 3.8) is 0 Å². The third kappa shape index (κ3) is 5.04. The number of hydrogen-bond donors (Lipinski definition) is 0. The molecule has 2 nitrogen and oxygen atoms in total. The second-order valence-electron chi connectivity index (χ2n) is 10.9. The largest absolute Gasteiger partial charge is 0.310 e. The zero-order valence-corrected chi connectivity index (χ0v) is 24.8. The number of thiazole rings is 1. The summed E-state index contributed by atoms with van der Waals surface area (Å²) in [6, 6.07) is 60.5.